The Bertz CT molecular complexity index is 740. The Hall–Kier alpha value is -2.82. The van der Waals surface area contributed by atoms with Gasteiger partial charge in [-0.25, -0.2) is 0 Å². The van der Waals surface area contributed by atoms with E-state index in [0.29, 0.717) is 22.6 Å². The first-order valence-electron chi connectivity index (χ1n) is 6.64. The van der Waals surface area contributed by atoms with Crippen LogP contribution in [0.5, 0.6) is 0 Å². The summed E-state index contributed by atoms with van der Waals surface area (Å²) >= 11 is 0. The summed E-state index contributed by atoms with van der Waals surface area (Å²) in [6.07, 6.45) is 0. The molecule has 0 saturated carbocycles. The third kappa shape index (κ3) is 2.23. The number of carbonyl (C=O) groups excluding carboxylic acids is 2. The Morgan fingerprint density at radius 1 is 1.19 bits per heavy atom. The highest BCUT2D eigenvalue weighted by Gasteiger charge is 2.28. The van der Waals surface area contributed by atoms with E-state index >= 15 is 0 Å². The number of nitrogen functional groups attached to an aromatic ring is 1. The number of nitrogens with zero attached hydrogens (tertiary/aromatic N) is 1. The quantitative estimate of drug-likeness (QED) is 0.787. The van der Waals surface area contributed by atoms with E-state index in [1.165, 1.54) is 4.90 Å². The van der Waals surface area contributed by atoms with Crippen molar-refractivity contribution < 1.29 is 9.59 Å². The van der Waals surface area contributed by atoms with Crippen molar-refractivity contribution >= 4 is 28.9 Å². The van der Waals surface area contributed by atoms with Crippen molar-refractivity contribution in [1.29, 1.82) is 0 Å². The Kier molecular flexibility index (Phi) is 3.10. The van der Waals surface area contributed by atoms with Gasteiger partial charge in [0.2, 0.25) is 5.91 Å². The number of nitrogens with one attached hydrogen (secondary N) is 1. The molecule has 1 aliphatic heterocycles. The molecular weight excluding hydrogens is 266 g/mol. The van der Waals surface area contributed by atoms with Crippen LogP contribution in [0.2, 0.25) is 0 Å². The van der Waals surface area contributed by atoms with E-state index in [-0.39, 0.29) is 18.4 Å². The van der Waals surface area contributed by atoms with E-state index in [1.54, 1.807) is 31.2 Å². The Morgan fingerprint density at radius 3 is 2.76 bits per heavy atom. The summed E-state index contributed by atoms with van der Waals surface area (Å²) in [5.74, 6) is -0.425. The number of nitrogens with two attached hydrogens (primary N) is 1. The summed E-state index contributed by atoms with van der Waals surface area (Å²) in [6.45, 7) is 1.81. The maximum atomic E-state index is 12.8. The third-order valence-electron chi connectivity index (χ3n) is 3.62. The van der Waals surface area contributed by atoms with E-state index in [0.717, 1.165) is 5.56 Å². The molecule has 0 aromatic heterocycles. The number of amides is 2. The minimum atomic E-state index is -0.220. The largest absolute Gasteiger partial charge is 0.398 e. The van der Waals surface area contributed by atoms with Crippen molar-refractivity contribution in [3.05, 3.63) is 53.6 Å². The van der Waals surface area contributed by atoms with Gasteiger partial charge in [0.25, 0.3) is 5.91 Å². The standard InChI is InChI=1S/C16H15N3O2/c1-10-11(5-4-6-12(10)17)16(21)19-9-15(20)18-13-7-2-3-8-14(13)19/h2-8H,9,17H2,1H3,(H,18,20). The Labute approximate surface area is 122 Å². The van der Waals surface area contributed by atoms with Crippen molar-refractivity contribution in [3.8, 4) is 0 Å². The number of hydrogen-bond donors (Lipinski definition) is 2. The third-order valence-corrected chi connectivity index (χ3v) is 3.62. The van der Waals surface area contributed by atoms with Gasteiger partial charge >= 0.3 is 0 Å². The lowest BCUT2D eigenvalue weighted by atomic mass is 10.0. The molecule has 2 aromatic rings. The first-order chi connectivity index (χ1) is 10.1. The maximum Gasteiger partial charge on any atom is 0.259 e. The zero-order chi connectivity index (χ0) is 15.0. The fraction of sp³-hybridized carbons (Fsp3) is 0.125. The van der Waals surface area contributed by atoms with Gasteiger partial charge in [-0.1, -0.05) is 18.2 Å². The van der Waals surface area contributed by atoms with E-state index in [4.69, 9.17) is 5.73 Å². The molecule has 3 rings (SSSR count). The minimum absolute atomic E-state index is 0.00405. The second-order valence-corrected chi connectivity index (χ2v) is 4.98. The molecule has 0 atom stereocenters. The van der Waals surface area contributed by atoms with Crippen LogP contribution in [0.15, 0.2) is 42.5 Å². The van der Waals surface area contributed by atoms with Gasteiger partial charge < -0.3 is 11.1 Å². The topological polar surface area (TPSA) is 75.4 Å². The molecule has 2 amide bonds. The minimum Gasteiger partial charge on any atom is -0.398 e. The van der Waals surface area contributed by atoms with Crippen LogP contribution in [0.3, 0.4) is 0 Å². The predicted octanol–water partition coefficient (Wildman–Crippen LogP) is 2.18. The number of hydrogen-bond acceptors (Lipinski definition) is 3. The number of anilines is 3. The van der Waals surface area contributed by atoms with Gasteiger partial charge in [0.05, 0.1) is 11.4 Å². The molecule has 5 nitrogen and oxygen atoms in total. The molecule has 1 heterocycles. The first kappa shape index (κ1) is 13.2. The molecular formula is C16H15N3O2. The van der Waals surface area contributed by atoms with Gasteiger partial charge in [0, 0.05) is 11.3 Å². The smallest absolute Gasteiger partial charge is 0.259 e. The number of rotatable bonds is 1. The monoisotopic (exact) mass is 281 g/mol. The summed E-state index contributed by atoms with van der Waals surface area (Å²) < 4.78 is 0. The van der Waals surface area contributed by atoms with Crippen LogP contribution in [-0.2, 0) is 4.79 Å². The number of carbonyl (C=O) groups is 2. The molecule has 2 aromatic carbocycles. The van der Waals surface area contributed by atoms with E-state index in [9.17, 15) is 9.59 Å². The summed E-state index contributed by atoms with van der Waals surface area (Å²) in [5.41, 5.74) is 9.01. The highest BCUT2D eigenvalue weighted by Crippen LogP contribution is 2.30. The molecule has 0 saturated heterocycles. The highest BCUT2D eigenvalue weighted by molar-refractivity contribution is 6.15. The zero-order valence-electron chi connectivity index (χ0n) is 11.6. The van der Waals surface area contributed by atoms with Crippen LogP contribution in [0.1, 0.15) is 15.9 Å². The highest BCUT2D eigenvalue weighted by atomic mass is 16.2. The van der Waals surface area contributed by atoms with Gasteiger partial charge in [-0.3, -0.25) is 14.5 Å². The average molecular weight is 281 g/mol. The molecule has 0 aliphatic carbocycles. The van der Waals surface area contributed by atoms with Crippen LogP contribution in [0, 0.1) is 6.92 Å². The number of fused-ring (bicyclic) bond motifs is 1. The molecule has 0 spiro atoms. The Morgan fingerprint density at radius 2 is 1.95 bits per heavy atom. The van der Waals surface area contributed by atoms with Gasteiger partial charge in [-0.05, 0) is 36.8 Å². The average Bonchev–Trinajstić information content (AvgIpc) is 2.48. The fourth-order valence-corrected chi connectivity index (χ4v) is 2.45. The number of para-hydroxylation sites is 2. The maximum absolute atomic E-state index is 12.8. The molecule has 0 radical (unpaired) electrons. The Balaban J connectivity index is 2.06. The molecule has 106 valence electrons. The molecule has 21 heavy (non-hydrogen) atoms. The molecule has 3 N–H and O–H groups in total. The second kappa shape index (κ2) is 4.94. The van der Waals surface area contributed by atoms with E-state index in [2.05, 4.69) is 5.32 Å². The van der Waals surface area contributed by atoms with Crippen molar-refractivity contribution in [2.24, 2.45) is 0 Å². The van der Waals surface area contributed by atoms with Gasteiger partial charge in [-0.2, -0.15) is 0 Å². The molecule has 0 fully saturated rings. The lowest BCUT2D eigenvalue weighted by Gasteiger charge is -2.29. The summed E-state index contributed by atoms with van der Waals surface area (Å²) in [6, 6.07) is 12.5. The fourth-order valence-electron chi connectivity index (χ4n) is 2.45. The predicted molar refractivity (Wildman–Crippen MR) is 82.3 cm³/mol. The molecule has 5 heteroatoms. The van der Waals surface area contributed by atoms with Crippen molar-refractivity contribution in [1.82, 2.24) is 0 Å². The molecule has 0 bridgehead atoms. The normalized spacial score (nSPS) is 13.6. The molecule has 1 aliphatic rings. The van der Waals surface area contributed by atoms with Crippen LogP contribution in [0.25, 0.3) is 0 Å². The lowest BCUT2D eigenvalue weighted by molar-refractivity contribution is -0.115. The van der Waals surface area contributed by atoms with Gasteiger partial charge in [-0.15, -0.1) is 0 Å². The number of benzene rings is 2. The summed E-state index contributed by atoms with van der Waals surface area (Å²) in [4.78, 5) is 26.0. The first-order valence-corrected chi connectivity index (χ1v) is 6.64. The van der Waals surface area contributed by atoms with Crippen LogP contribution < -0.4 is 16.0 Å². The lowest BCUT2D eigenvalue weighted by Crippen LogP contribution is -2.42. The SMILES string of the molecule is Cc1c(N)cccc1C(=O)N1CC(=O)Nc2ccccc21. The van der Waals surface area contributed by atoms with E-state index in [1.807, 2.05) is 18.2 Å². The zero-order valence-corrected chi connectivity index (χ0v) is 11.6. The van der Waals surface area contributed by atoms with Gasteiger partial charge in [0.15, 0.2) is 0 Å². The van der Waals surface area contributed by atoms with Crippen LogP contribution in [0.4, 0.5) is 17.1 Å². The second-order valence-electron chi connectivity index (χ2n) is 4.98. The van der Waals surface area contributed by atoms with Gasteiger partial charge in [0.1, 0.15) is 6.54 Å². The van der Waals surface area contributed by atoms with Crippen LogP contribution >= 0.6 is 0 Å². The summed E-state index contributed by atoms with van der Waals surface area (Å²) in [7, 11) is 0. The van der Waals surface area contributed by atoms with Crippen molar-refractivity contribution in [3.63, 3.8) is 0 Å². The van der Waals surface area contributed by atoms with Crippen molar-refractivity contribution in [2.75, 3.05) is 22.5 Å². The van der Waals surface area contributed by atoms with E-state index < -0.39 is 0 Å². The van der Waals surface area contributed by atoms with Crippen molar-refractivity contribution in [2.45, 2.75) is 6.92 Å². The molecule has 0 unspecified atom stereocenters. The summed E-state index contributed by atoms with van der Waals surface area (Å²) in [5, 5.41) is 2.76. The van der Waals surface area contributed by atoms with Crippen LogP contribution in [-0.4, -0.2) is 18.4 Å².